The van der Waals surface area contributed by atoms with E-state index in [4.69, 9.17) is 0 Å². The Morgan fingerprint density at radius 3 is 2.26 bits per heavy atom. The molecule has 0 amide bonds. The molecule has 1 aromatic carbocycles. The van der Waals surface area contributed by atoms with Gasteiger partial charge in [0.05, 0.1) is 4.90 Å². The minimum absolute atomic E-state index is 0.389. The van der Waals surface area contributed by atoms with Crippen LogP contribution in [-0.4, -0.2) is 20.7 Å². The van der Waals surface area contributed by atoms with Crippen LogP contribution >= 0.6 is 0 Å². The summed E-state index contributed by atoms with van der Waals surface area (Å²) in [7, 11) is -3.08. The van der Waals surface area contributed by atoms with Crippen molar-refractivity contribution in [2.24, 2.45) is 11.8 Å². The van der Waals surface area contributed by atoms with Crippen molar-refractivity contribution < 1.29 is 8.42 Å². The summed E-state index contributed by atoms with van der Waals surface area (Å²) in [4.78, 5) is 0.389. The van der Waals surface area contributed by atoms with Gasteiger partial charge in [0, 0.05) is 18.8 Å². The lowest BCUT2D eigenvalue weighted by atomic mass is 9.73. The monoisotopic (exact) mass is 281 g/mol. The molecule has 1 saturated carbocycles. The number of hydrogen-bond acceptors (Lipinski definition) is 3. The maximum atomic E-state index is 11.4. The van der Waals surface area contributed by atoms with Gasteiger partial charge in [-0.25, -0.2) is 8.42 Å². The third-order valence-corrected chi connectivity index (χ3v) is 5.19. The molecule has 1 aliphatic carbocycles. The Morgan fingerprint density at radius 2 is 1.79 bits per heavy atom. The average molecular weight is 281 g/mol. The van der Waals surface area contributed by atoms with Crippen molar-refractivity contribution in [3.8, 4) is 0 Å². The summed E-state index contributed by atoms with van der Waals surface area (Å²) in [5, 5.41) is 3.53. The van der Waals surface area contributed by atoms with E-state index < -0.39 is 9.84 Å². The Hall–Kier alpha value is -0.870. The van der Waals surface area contributed by atoms with Crippen LogP contribution in [0.5, 0.6) is 0 Å². The normalized spacial score (nSPS) is 23.4. The highest BCUT2D eigenvalue weighted by molar-refractivity contribution is 7.90. The minimum atomic E-state index is -3.08. The molecular formula is C15H23NO2S. The summed E-state index contributed by atoms with van der Waals surface area (Å²) in [6.45, 7) is 5.38. The van der Waals surface area contributed by atoms with Crippen molar-refractivity contribution in [1.29, 1.82) is 0 Å². The fourth-order valence-electron chi connectivity index (χ4n) is 2.49. The van der Waals surface area contributed by atoms with Crippen LogP contribution in [0, 0.1) is 11.8 Å². The van der Waals surface area contributed by atoms with E-state index in [-0.39, 0.29) is 0 Å². The first-order valence-corrected chi connectivity index (χ1v) is 8.78. The van der Waals surface area contributed by atoms with Crippen molar-refractivity contribution >= 4 is 9.84 Å². The quantitative estimate of drug-likeness (QED) is 0.902. The van der Waals surface area contributed by atoms with Crippen LogP contribution in [0.2, 0.25) is 0 Å². The Morgan fingerprint density at radius 1 is 1.21 bits per heavy atom. The van der Waals surface area contributed by atoms with Gasteiger partial charge in [-0.05, 0) is 42.4 Å². The second-order valence-corrected chi connectivity index (χ2v) is 7.99. The first kappa shape index (κ1) is 14.5. The molecule has 1 N–H and O–H groups in total. The van der Waals surface area contributed by atoms with E-state index in [0.29, 0.717) is 10.9 Å². The average Bonchev–Trinajstić information content (AvgIpc) is 2.25. The number of hydrogen-bond donors (Lipinski definition) is 1. The van der Waals surface area contributed by atoms with Gasteiger partial charge in [-0.1, -0.05) is 26.0 Å². The molecule has 0 heterocycles. The van der Waals surface area contributed by atoms with Gasteiger partial charge in [0.1, 0.15) is 0 Å². The maximum absolute atomic E-state index is 11.4. The molecule has 0 radical (unpaired) electrons. The molecule has 19 heavy (non-hydrogen) atoms. The topological polar surface area (TPSA) is 46.2 Å². The molecule has 2 rings (SSSR count). The molecule has 0 aromatic heterocycles. The molecule has 3 nitrogen and oxygen atoms in total. The number of nitrogens with one attached hydrogen (secondary N) is 1. The molecule has 1 aliphatic rings. The number of rotatable bonds is 5. The zero-order valence-electron chi connectivity index (χ0n) is 11.9. The lowest BCUT2D eigenvalue weighted by Crippen LogP contribution is -2.42. The van der Waals surface area contributed by atoms with E-state index in [1.807, 2.05) is 12.1 Å². The minimum Gasteiger partial charge on any atom is -0.310 e. The van der Waals surface area contributed by atoms with E-state index in [9.17, 15) is 8.42 Å². The largest absolute Gasteiger partial charge is 0.310 e. The van der Waals surface area contributed by atoms with Crippen molar-refractivity contribution in [3.63, 3.8) is 0 Å². The molecule has 0 bridgehead atoms. The highest BCUT2D eigenvalue weighted by Crippen LogP contribution is 2.33. The SMILES string of the molecule is CC(C)C1CC(NCc2ccc(S(C)(=O)=O)cc2)C1. The summed E-state index contributed by atoms with van der Waals surface area (Å²) in [5.74, 6) is 1.65. The second-order valence-electron chi connectivity index (χ2n) is 5.97. The predicted molar refractivity (Wildman–Crippen MR) is 77.7 cm³/mol. The maximum Gasteiger partial charge on any atom is 0.175 e. The van der Waals surface area contributed by atoms with Gasteiger partial charge >= 0.3 is 0 Å². The molecule has 0 aliphatic heterocycles. The molecule has 1 fully saturated rings. The Kier molecular flexibility index (Phi) is 4.31. The van der Waals surface area contributed by atoms with Gasteiger partial charge in [0.2, 0.25) is 0 Å². The smallest absolute Gasteiger partial charge is 0.175 e. The van der Waals surface area contributed by atoms with Crippen LogP contribution in [0.3, 0.4) is 0 Å². The van der Waals surface area contributed by atoms with Gasteiger partial charge in [-0.15, -0.1) is 0 Å². The Labute approximate surface area is 116 Å². The van der Waals surface area contributed by atoms with E-state index in [2.05, 4.69) is 19.2 Å². The molecule has 0 unspecified atom stereocenters. The lowest BCUT2D eigenvalue weighted by Gasteiger charge is -2.38. The Balaban J connectivity index is 1.82. The van der Waals surface area contributed by atoms with Gasteiger partial charge in [-0.2, -0.15) is 0 Å². The van der Waals surface area contributed by atoms with E-state index in [1.165, 1.54) is 19.1 Å². The summed E-state index contributed by atoms with van der Waals surface area (Å²) in [6.07, 6.45) is 3.76. The lowest BCUT2D eigenvalue weighted by molar-refractivity contribution is 0.167. The predicted octanol–water partition coefficient (Wildman–Crippen LogP) is 2.61. The first-order chi connectivity index (χ1) is 8.86. The third kappa shape index (κ3) is 3.80. The molecule has 1 aromatic rings. The van der Waals surface area contributed by atoms with E-state index in [1.54, 1.807) is 12.1 Å². The zero-order valence-corrected chi connectivity index (χ0v) is 12.7. The van der Waals surface area contributed by atoms with Crippen molar-refractivity contribution in [2.75, 3.05) is 6.26 Å². The van der Waals surface area contributed by atoms with Crippen LogP contribution in [0.4, 0.5) is 0 Å². The van der Waals surface area contributed by atoms with Gasteiger partial charge in [0.25, 0.3) is 0 Å². The van der Waals surface area contributed by atoms with Gasteiger partial charge < -0.3 is 5.32 Å². The number of sulfone groups is 1. The summed E-state index contributed by atoms with van der Waals surface area (Å²) >= 11 is 0. The standard InChI is InChI=1S/C15H23NO2S/c1-11(2)13-8-14(9-13)16-10-12-4-6-15(7-5-12)19(3,17)18/h4-7,11,13-14,16H,8-10H2,1-3H3. The molecule has 106 valence electrons. The van der Waals surface area contributed by atoms with Crippen LogP contribution < -0.4 is 5.32 Å². The van der Waals surface area contributed by atoms with Crippen LogP contribution in [0.25, 0.3) is 0 Å². The molecular weight excluding hydrogens is 258 g/mol. The number of benzene rings is 1. The van der Waals surface area contributed by atoms with Crippen LogP contribution in [0.1, 0.15) is 32.3 Å². The highest BCUT2D eigenvalue weighted by atomic mass is 32.2. The van der Waals surface area contributed by atoms with Gasteiger partial charge in [-0.3, -0.25) is 0 Å². The van der Waals surface area contributed by atoms with E-state index >= 15 is 0 Å². The fraction of sp³-hybridized carbons (Fsp3) is 0.600. The molecule has 0 saturated heterocycles. The van der Waals surface area contributed by atoms with Gasteiger partial charge in [0.15, 0.2) is 9.84 Å². The van der Waals surface area contributed by atoms with Crippen LogP contribution in [0.15, 0.2) is 29.2 Å². The molecule has 0 spiro atoms. The Bertz CT molecular complexity index is 514. The molecule has 0 atom stereocenters. The third-order valence-electron chi connectivity index (χ3n) is 4.06. The van der Waals surface area contributed by atoms with Crippen LogP contribution in [-0.2, 0) is 16.4 Å². The van der Waals surface area contributed by atoms with Crippen molar-refractivity contribution in [1.82, 2.24) is 5.32 Å². The van der Waals surface area contributed by atoms with Crippen molar-refractivity contribution in [3.05, 3.63) is 29.8 Å². The summed E-state index contributed by atoms with van der Waals surface area (Å²) < 4.78 is 22.7. The molecule has 4 heteroatoms. The summed E-state index contributed by atoms with van der Waals surface area (Å²) in [5.41, 5.74) is 1.14. The zero-order chi connectivity index (χ0) is 14.0. The van der Waals surface area contributed by atoms with Crippen molar-refractivity contribution in [2.45, 2.75) is 44.2 Å². The van der Waals surface area contributed by atoms with E-state index in [0.717, 1.165) is 23.9 Å². The summed E-state index contributed by atoms with van der Waals surface area (Å²) in [6, 6.07) is 7.78. The highest BCUT2D eigenvalue weighted by Gasteiger charge is 2.30. The first-order valence-electron chi connectivity index (χ1n) is 6.88. The fourth-order valence-corrected chi connectivity index (χ4v) is 3.12. The second kappa shape index (κ2) is 5.63.